The second kappa shape index (κ2) is 6.78. The number of aliphatic hydroxyl groups excluding tert-OH is 1. The van der Waals surface area contributed by atoms with Crippen LogP contribution in [0.5, 0.6) is 0 Å². The molecule has 100 valence electrons. The molecule has 0 saturated carbocycles. The van der Waals surface area contributed by atoms with Gasteiger partial charge in [-0.3, -0.25) is 0 Å². The topological polar surface area (TPSA) is 20.2 Å². The van der Waals surface area contributed by atoms with Gasteiger partial charge in [-0.2, -0.15) is 0 Å². The fourth-order valence-corrected chi connectivity index (χ4v) is 2.83. The summed E-state index contributed by atoms with van der Waals surface area (Å²) in [7, 11) is 0. The maximum absolute atomic E-state index is 9.12. The third kappa shape index (κ3) is 4.12. The predicted molar refractivity (Wildman–Crippen MR) is 82.5 cm³/mol. The van der Waals surface area contributed by atoms with Gasteiger partial charge in [0.25, 0.3) is 0 Å². The number of rotatable bonds is 5. The van der Waals surface area contributed by atoms with Gasteiger partial charge in [-0.05, 0) is 34.7 Å². The Bertz CT molecular complexity index is 517. The zero-order valence-electron chi connectivity index (χ0n) is 11.5. The summed E-state index contributed by atoms with van der Waals surface area (Å²) >= 11 is 1.81. The van der Waals surface area contributed by atoms with Crippen LogP contribution < -0.4 is 0 Å². The minimum Gasteiger partial charge on any atom is -0.392 e. The van der Waals surface area contributed by atoms with Crippen LogP contribution in [0.3, 0.4) is 0 Å². The first-order valence-electron chi connectivity index (χ1n) is 6.60. The minimum absolute atomic E-state index is 0.109. The molecule has 0 spiro atoms. The largest absolute Gasteiger partial charge is 0.392 e. The van der Waals surface area contributed by atoms with Gasteiger partial charge in [0.15, 0.2) is 0 Å². The monoisotopic (exact) mass is 272 g/mol. The molecule has 0 bridgehead atoms. The van der Waals surface area contributed by atoms with Crippen LogP contribution in [0.4, 0.5) is 0 Å². The van der Waals surface area contributed by atoms with Crippen molar-refractivity contribution in [2.45, 2.75) is 37.0 Å². The molecule has 0 aromatic heterocycles. The number of benzene rings is 2. The molecule has 0 atom stereocenters. The van der Waals surface area contributed by atoms with Crippen LogP contribution in [-0.2, 0) is 12.4 Å². The van der Waals surface area contributed by atoms with Gasteiger partial charge in [-0.25, -0.2) is 0 Å². The average Bonchev–Trinajstić information content (AvgIpc) is 2.46. The van der Waals surface area contributed by atoms with Gasteiger partial charge in [-0.15, -0.1) is 11.8 Å². The molecule has 0 aliphatic carbocycles. The summed E-state index contributed by atoms with van der Waals surface area (Å²) in [5, 5.41) is 9.12. The first-order chi connectivity index (χ1) is 9.19. The van der Waals surface area contributed by atoms with Gasteiger partial charge < -0.3 is 5.11 Å². The Hall–Kier alpha value is -1.25. The van der Waals surface area contributed by atoms with Crippen LogP contribution in [0.25, 0.3) is 0 Å². The van der Waals surface area contributed by atoms with Gasteiger partial charge in [-0.1, -0.05) is 50.2 Å². The maximum atomic E-state index is 9.12. The quantitative estimate of drug-likeness (QED) is 0.803. The summed E-state index contributed by atoms with van der Waals surface area (Å²) in [6.45, 7) is 4.53. The molecule has 0 fully saturated rings. The molecule has 1 N–H and O–H groups in total. The van der Waals surface area contributed by atoms with E-state index in [0.29, 0.717) is 5.92 Å². The van der Waals surface area contributed by atoms with Crippen LogP contribution >= 0.6 is 11.8 Å². The molecule has 2 aromatic rings. The zero-order valence-corrected chi connectivity index (χ0v) is 12.3. The Morgan fingerprint density at radius 1 is 1.00 bits per heavy atom. The Morgan fingerprint density at radius 3 is 2.37 bits per heavy atom. The van der Waals surface area contributed by atoms with Crippen LogP contribution in [0, 0.1) is 0 Å². The second-order valence-electron chi connectivity index (χ2n) is 4.99. The highest BCUT2D eigenvalue weighted by Crippen LogP contribution is 2.24. The number of thioether (sulfide) groups is 1. The lowest BCUT2D eigenvalue weighted by atomic mass is 10.0. The van der Waals surface area contributed by atoms with Gasteiger partial charge in [0.1, 0.15) is 0 Å². The van der Waals surface area contributed by atoms with Crippen molar-refractivity contribution in [2.24, 2.45) is 0 Å². The lowest BCUT2D eigenvalue weighted by Crippen LogP contribution is -1.88. The molecular formula is C17H20OS. The van der Waals surface area contributed by atoms with Gasteiger partial charge in [0.2, 0.25) is 0 Å². The van der Waals surface area contributed by atoms with E-state index in [1.54, 1.807) is 11.8 Å². The van der Waals surface area contributed by atoms with Crippen molar-refractivity contribution in [2.75, 3.05) is 0 Å². The van der Waals surface area contributed by atoms with Gasteiger partial charge in [0.05, 0.1) is 6.61 Å². The van der Waals surface area contributed by atoms with Crippen LogP contribution in [-0.4, -0.2) is 5.11 Å². The first-order valence-corrected chi connectivity index (χ1v) is 7.59. The van der Waals surface area contributed by atoms with E-state index in [1.807, 2.05) is 18.2 Å². The van der Waals surface area contributed by atoms with E-state index in [0.717, 1.165) is 11.3 Å². The van der Waals surface area contributed by atoms with Crippen molar-refractivity contribution >= 4 is 11.8 Å². The molecule has 0 aliphatic rings. The zero-order chi connectivity index (χ0) is 13.7. The SMILES string of the molecule is CC(C)c1ccc(CSc2cccc(CO)c2)cc1. The van der Waals surface area contributed by atoms with E-state index in [2.05, 4.69) is 44.2 Å². The Labute approximate surface area is 119 Å². The van der Waals surface area contributed by atoms with Crippen LogP contribution in [0.2, 0.25) is 0 Å². The molecule has 19 heavy (non-hydrogen) atoms. The third-order valence-corrected chi connectivity index (χ3v) is 4.20. The van der Waals surface area contributed by atoms with Crippen molar-refractivity contribution < 1.29 is 5.11 Å². The van der Waals surface area contributed by atoms with E-state index in [9.17, 15) is 0 Å². The summed E-state index contributed by atoms with van der Waals surface area (Å²) in [5.74, 6) is 1.55. The van der Waals surface area contributed by atoms with E-state index in [4.69, 9.17) is 5.11 Å². The summed E-state index contributed by atoms with van der Waals surface area (Å²) in [4.78, 5) is 1.21. The smallest absolute Gasteiger partial charge is 0.0682 e. The maximum Gasteiger partial charge on any atom is 0.0682 e. The normalized spacial score (nSPS) is 10.9. The molecule has 0 unspecified atom stereocenters. The molecule has 0 amide bonds. The van der Waals surface area contributed by atoms with Crippen molar-refractivity contribution in [3.63, 3.8) is 0 Å². The minimum atomic E-state index is 0.109. The standard InChI is InChI=1S/C17H20OS/c1-13(2)16-8-6-14(7-9-16)12-19-17-5-3-4-15(10-17)11-18/h3-10,13,18H,11-12H2,1-2H3. The fraction of sp³-hybridized carbons (Fsp3) is 0.294. The van der Waals surface area contributed by atoms with E-state index >= 15 is 0 Å². The highest BCUT2D eigenvalue weighted by Gasteiger charge is 2.01. The van der Waals surface area contributed by atoms with E-state index < -0.39 is 0 Å². The van der Waals surface area contributed by atoms with E-state index in [-0.39, 0.29) is 6.61 Å². The summed E-state index contributed by atoms with van der Waals surface area (Å²) in [6, 6.07) is 16.9. The molecule has 1 nitrogen and oxygen atoms in total. The van der Waals surface area contributed by atoms with Crippen molar-refractivity contribution in [3.8, 4) is 0 Å². The fourth-order valence-electron chi connectivity index (χ4n) is 1.90. The summed E-state index contributed by atoms with van der Waals surface area (Å²) in [6.07, 6.45) is 0. The third-order valence-electron chi connectivity index (χ3n) is 3.13. The summed E-state index contributed by atoms with van der Waals surface area (Å²) in [5.41, 5.74) is 3.69. The van der Waals surface area contributed by atoms with Crippen LogP contribution in [0.15, 0.2) is 53.4 Å². The molecule has 2 aromatic carbocycles. The lowest BCUT2D eigenvalue weighted by Gasteiger charge is -2.07. The summed E-state index contributed by atoms with van der Waals surface area (Å²) < 4.78 is 0. The Balaban J connectivity index is 1.98. The predicted octanol–water partition coefficient (Wildman–Crippen LogP) is 4.59. The van der Waals surface area contributed by atoms with Crippen molar-refractivity contribution in [3.05, 3.63) is 65.2 Å². The second-order valence-corrected chi connectivity index (χ2v) is 6.04. The van der Waals surface area contributed by atoms with Crippen LogP contribution in [0.1, 0.15) is 36.5 Å². The van der Waals surface area contributed by atoms with E-state index in [1.165, 1.54) is 16.0 Å². The number of hydrogen-bond acceptors (Lipinski definition) is 2. The van der Waals surface area contributed by atoms with Crippen molar-refractivity contribution in [1.29, 1.82) is 0 Å². The Morgan fingerprint density at radius 2 is 1.74 bits per heavy atom. The molecule has 2 rings (SSSR count). The van der Waals surface area contributed by atoms with Crippen molar-refractivity contribution in [1.82, 2.24) is 0 Å². The van der Waals surface area contributed by atoms with Gasteiger partial charge in [0, 0.05) is 10.6 Å². The highest BCUT2D eigenvalue weighted by atomic mass is 32.2. The molecule has 0 radical (unpaired) electrons. The average molecular weight is 272 g/mol. The molecule has 0 saturated heterocycles. The highest BCUT2D eigenvalue weighted by molar-refractivity contribution is 7.98. The molecule has 0 aliphatic heterocycles. The number of hydrogen-bond donors (Lipinski definition) is 1. The lowest BCUT2D eigenvalue weighted by molar-refractivity contribution is 0.281. The Kier molecular flexibility index (Phi) is 5.06. The number of aliphatic hydroxyl groups is 1. The first kappa shape index (κ1) is 14.2. The molecule has 0 heterocycles. The molecule has 2 heteroatoms. The van der Waals surface area contributed by atoms with Gasteiger partial charge >= 0.3 is 0 Å². The molecular weight excluding hydrogens is 252 g/mol.